The SMILES string of the molecule is [O]c1cccc2c3cc(cc12)[nH]3. The molecule has 4 aromatic rings. The summed E-state index contributed by atoms with van der Waals surface area (Å²) >= 11 is 0. The molecule has 0 aliphatic heterocycles. The molecule has 2 heteroatoms. The van der Waals surface area contributed by atoms with Crippen LogP contribution < -0.4 is 0 Å². The number of pyridine rings is 1. The van der Waals surface area contributed by atoms with E-state index in [2.05, 4.69) is 4.98 Å². The van der Waals surface area contributed by atoms with Gasteiger partial charge in [0.25, 0.3) is 0 Å². The van der Waals surface area contributed by atoms with E-state index in [-0.39, 0.29) is 5.75 Å². The first-order valence-corrected chi connectivity index (χ1v) is 3.85. The van der Waals surface area contributed by atoms with E-state index in [0.717, 1.165) is 21.8 Å². The first kappa shape index (κ1) is 5.89. The Balaban J connectivity index is 2.63. The van der Waals surface area contributed by atoms with Crippen LogP contribution >= 0.6 is 0 Å². The first-order valence-electron chi connectivity index (χ1n) is 3.85. The lowest BCUT2D eigenvalue weighted by molar-refractivity contribution is 0.360. The van der Waals surface area contributed by atoms with Gasteiger partial charge in [0.15, 0.2) is 5.75 Å². The van der Waals surface area contributed by atoms with E-state index in [1.54, 1.807) is 12.1 Å². The number of nitrogens with one attached hydrogen (secondary N) is 1. The van der Waals surface area contributed by atoms with Crippen LogP contribution in [-0.4, -0.2) is 4.98 Å². The summed E-state index contributed by atoms with van der Waals surface area (Å²) < 4.78 is 0. The maximum atomic E-state index is 11.3. The van der Waals surface area contributed by atoms with Crippen molar-refractivity contribution in [3.8, 4) is 5.75 Å². The zero-order chi connectivity index (χ0) is 8.13. The van der Waals surface area contributed by atoms with Gasteiger partial charge in [0, 0.05) is 21.8 Å². The van der Waals surface area contributed by atoms with Crippen LogP contribution in [0.1, 0.15) is 0 Å². The van der Waals surface area contributed by atoms with Crippen LogP contribution in [0, 0.1) is 0 Å². The second-order valence-corrected chi connectivity index (χ2v) is 3.00. The van der Waals surface area contributed by atoms with Gasteiger partial charge < -0.3 is 4.98 Å². The molecule has 57 valence electrons. The van der Waals surface area contributed by atoms with Gasteiger partial charge in [0.2, 0.25) is 0 Å². The van der Waals surface area contributed by atoms with Gasteiger partial charge in [-0.05, 0) is 18.2 Å². The smallest absolute Gasteiger partial charge is 0.186 e. The van der Waals surface area contributed by atoms with Crippen molar-refractivity contribution < 1.29 is 5.11 Å². The average Bonchev–Trinajstić information content (AvgIpc) is 2.02. The number of rotatable bonds is 0. The van der Waals surface area contributed by atoms with E-state index in [4.69, 9.17) is 0 Å². The van der Waals surface area contributed by atoms with Gasteiger partial charge in [-0.15, -0.1) is 0 Å². The van der Waals surface area contributed by atoms with E-state index in [0.29, 0.717) is 0 Å². The van der Waals surface area contributed by atoms with E-state index in [1.165, 1.54) is 0 Å². The van der Waals surface area contributed by atoms with Gasteiger partial charge >= 0.3 is 0 Å². The van der Waals surface area contributed by atoms with Gasteiger partial charge in [-0.3, -0.25) is 5.11 Å². The Morgan fingerprint density at radius 2 is 1.92 bits per heavy atom. The van der Waals surface area contributed by atoms with E-state index in [1.807, 2.05) is 18.2 Å². The van der Waals surface area contributed by atoms with E-state index in [9.17, 15) is 5.11 Å². The summed E-state index contributed by atoms with van der Waals surface area (Å²) in [6.45, 7) is 0. The Kier molecular flexibility index (Phi) is 0.844. The fourth-order valence-corrected chi connectivity index (χ4v) is 1.61. The quantitative estimate of drug-likeness (QED) is 0.519. The summed E-state index contributed by atoms with van der Waals surface area (Å²) in [5, 5.41) is 13.2. The molecule has 2 aromatic carbocycles. The predicted octanol–water partition coefficient (Wildman–Crippen LogP) is 2.90. The number of benzene rings is 2. The van der Waals surface area contributed by atoms with Crippen molar-refractivity contribution in [2.45, 2.75) is 0 Å². The molecule has 2 bridgehead atoms. The van der Waals surface area contributed by atoms with Crippen LogP contribution in [0.15, 0.2) is 30.3 Å². The fourth-order valence-electron chi connectivity index (χ4n) is 1.61. The molecule has 0 saturated carbocycles. The molecular weight excluding hydrogens is 150 g/mol. The molecule has 12 heavy (non-hydrogen) atoms. The highest BCUT2D eigenvalue weighted by Crippen LogP contribution is 2.31. The predicted molar refractivity (Wildman–Crippen MR) is 47.1 cm³/mol. The molecule has 1 radical (unpaired) electrons. The van der Waals surface area contributed by atoms with Gasteiger partial charge in [0.05, 0.1) is 0 Å². The third-order valence-electron chi connectivity index (χ3n) is 2.23. The molecule has 2 heterocycles. The molecule has 2 aromatic heterocycles. The molecule has 0 atom stereocenters. The molecule has 0 unspecified atom stereocenters. The minimum atomic E-state index is 0.108. The lowest BCUT2D eigenvalue weighted by Gasteiger charge is -2.08. The van der Waals surface area contributed by atoms with Crippen molar-refractivity contribution in [1.29, 1.82) is 0 Å². The summed E-state index contributed by atoms with van der Waals surface area (Å²) in [6, 6.07) is 9.29. The highest BCUT2D eigenvalue weighted by Gasteiger charge is 2.07. The standard InChI is InChI=1S/C10H6NO/c12-10-3-1-2-7-8(10)4-6-5-9(7)11-6/h1-5,11H. The maximum absolute atomic E-state index is 11.3. The maximum Gasteiger partial charge on any atom is 0.186 e. The van der Waals surface area contributed by atoms with Gasteiger partial charge in [-0.2, -0.15) is 0 Å². The zero-order valence-corrected chi connectivity index (χ0v) is 6.29. The Hall–Kier alpha value is -1.70. The summed E-state index contributed by atoms with van der Waals surface area (Å²) in [5.74, 6) is 0.108. The Morgan fingerprint density at radius 3 is 2.67 bits per heavy atom. The number of aromatic amines is 1. The highest BCUT2D eigenvalue weighted by atomic mass is 16.3. The summed E-state index contributed by atoms with van der Waals surface area (Å²) in [6.07, 6.45) is 0. The largest absolute Gasteiger partial charge is 0.355 e. The van der Waals surface area contributed by atoms with Crippen LogP contribution in [0.5, 0.6) is 5.75 Å². The molecule has 0 fully saturated rings. The lowest BCUT2D eigenvalue weighted by atomic mass is 10.1. The third-order valence-corrected chi connectivity index (χ3v) is 2.23. The summed E-state index contributed by atoms with van der Waals surface area (Å²) in [5.41, 5.74) is 2.11. The van der Waals surface area contributed by atoms with Crippen LogP contribution in [0.2, 0.25) is 0 Å². The normalized spacial score (nSPS) is 11.7. The highest BCUT2D eigenvalue weighted by molar-refractivity contribution is 6.05. The number of hydrogen-bond donors (Lipinski definition) is 1. The van der Waals surface area contributed by atoms with Gasteiger partial charge in [0.1, 0.15) is 0 Å². The minimum absolute atomic E-state index is 0.108. The molecule has 0 spiro atoms. The van der Waals surface area contributed by atoms with Crippen molar-refractivity contribution in [2.24, 2.45) is 0 Å². The molecule has 0 aliphatic carbocycles. The van der Waals surface area contributed by atoms with Crippen molar-refractivity contribution in [3.63, 3.8) is 0 Å². The first-order chi connectivity index (χ1) is 5.84. The minimum Gasteiger partial charge on any atom is -0.355 e. The second-order valence-electron chi connectivity index (χ2n) is 3.00. The topological polar surface area (TPSA) is 35.7 Å². The van der Waals surface area contributed by atoms with Crippen LogP contribution in [0.25, 0.3) is 21.8 Å². The Labute approximate surface area is 68.8 Å². The summed E-state index contributed by atoms with van der Waals surface area (Å²) in [7, 11) is 0. The molecule has 2 nitrogen and oxygen atoms in total. The molecule has 4 rings (SSSR count). The average molecular weight is 156 g/mol. The van der Waals surface area contributed by atoms with E-state index < -0.39 is 0 Å². The second kappa shape index (κ2) is 1.72. The number of aromatic nitrogens is 1. The van der Waals surface area contributed by atoms with Crippen LogP contribution in [-0.2, 0) is 5.11 Å². The van der Waals surface area contributed by atoms with Crippen molar-refractivity contribution >= 4 is 21.8 Å². The Morgan fingerprint density at radius 1 is 1.08 bits per heavy atom. The third kappa shape index (κ3) is 0.552. The lowest BCUT2D eigenvalue weighted by Crippen LogP contribution is -1.87. The zero-order valence-electron chi connectivity index (χ0n) is 6.29. The van der Waals surface area contributed by atoms with Crippen molar-refractivity contribution in [3.05, 3.63) is 30.3 Å². The van der Waals surface area contributed by atoms with Crippen LogP contribution in [0.3, 0.4) is 0 Å². The molecular formula is C10H6NO. The number of hydrogen-bond acceptors (Lipinski definition) is 0. The van der Waals surface area contributed by atoms with Crippen molar-refractivity contribution in [1.82, 2.24) is 4.98 Å². The molecule has 0 aliphatic rings. The Bertz CT molecular complexity index is 523. The monoisotopic (exact) mass is 156 g/mol. The fraction of sp³-hybridized carbons (Fsp3) is 0. The van der Waals surface area contributed by atoms with Gasteiger partial charge in [-0.1, -0.05) is 12.1 Å². The van der Waals surface area contributed by atoms with E-state index >= 15 is 0 Å². The molecule has 0 saturated heterocycles. The molecule has 1 N–H and O–H groups in total. The molecule has 0 amide bonds. The van der Waals surface area contributed by atoms with Gasteiger partial charge in [-0.25, -0.2) is 0 Å². The number of H-pyrrole nitrogens is 1. The summed E-state index contributed by atoms with van der Waals surface area (Å²) in [4.78, 5) is 3.15. The van der Waals surface area contributed by atoms with Crippen molar-refractivity contribution in [2.75, 3.05) is 0 Å². The van der Waals surface area contributed by atoms with Crippen LogP contribution in [0.4, 0.5) is 0 Å².